The minimum absolute atomic E-state index is 0.0602. The first-order valence-corrected chi connectivity index (χ1v) is 7.08. The Hall–Kier alpha value is -1.15. The fourth-order valence-electron chi connectivity index (χ4n) is 3.08. The molecule has 1 aliphatic heterocycles. The maximum absolute atomic E-state index is 12.7. The normalized spacial score (nSPS) is 24.4. The van der Waals surface area contributed by atoms with Gasteiger partial charge in [-0.2, -0.15) is 0 Å². The molecule has 1 aliphatic rings. The lowest BCUT2D eigenvalue weighted by atomic mass is 9.81. The van der Waals surface area contributed by atoms with Crippen molar-refractivity contribution in [2.75, 3.05) is 0 Å². The molecular formula is C17H24O2. The van der Waals surface area contributed by atoms with Crippen LogP contribution >= 0.6 is 0 Å². The Bertz CT molecular complexity index is 469. The van der Waals surface area contributed by atoms with E-state index in [0.717, 1.165) is 18.4 Å². The molecule has 1 unspecified atom stereocenters. The second-order valence-electron chi connectivity index (χ2n) is 6.64. The quantitative estimate of drug-likeness (QED) is 0.767. The maximum atomic E-state index is 12.7. The average Bonchev–Trinajstić information content (AvgIpc) is 2.56. The molecule has 0 saturated carbocycles. The molecule has 0 aliphatic carbocycles. The van der Waals surface area contributed by atoms with Gasteiger partial charge in [0.2, 0.25) is 0 Å². The number of carbonyl (C=O) groups excluding carboxylic acids is 1. The zero-order valence-electron chi connectivity index (χ0n) is 12.6. The predicted octanol–water partition coefficient (Wildman–Crippen LogP) is 4.03. The Kier molecular flexibility index (Phi) is 3.57. The van der Waals surface area contributed by atoms with Crippen molar-refractivity contribution in [2.45, 2.75) is 58.7 Å². The number of carbonyl (C=O) groups is 1. The van der Waals surface area contributed by atoms with Gasteiger partial charge in [0.15, 0.2) is 5.78 Å². The lowest BCUT2D eigenvalue weighted by Gasteiger charge is -2.26. The third-order valence-electron chi connectivity index (χ3n) is 4.04. The molecule has 2 nitrogen and oxygen atoms in total. The van der Waals surface area contributed by atoms with Crippen LogP contribution in [0.5, 0.6) is 0 Å². The van der Waals surface area contributed by atoms with E-state index in [4.69, 9.17) is 4.74 Å². The Balaban J connectivity index is 2.24. The van der Waals surface area contributed by atoms with Crippen molar-refractivity contribution in [1.82, 2.24) is 0 Å². The number of ketones is 1. The topological polar surface area (TPSA) is 26.3 Å². The number of Topliss-reactive ketones (excluding diaryl/α,β-unsaturated/α-hetero) is 1. The molecule has 2 heteroatoms. The van der Waals surface area contributed by atoms with Crippen LogP contribution in [0.4, 0.5) is 0 Å². The van der Waals surface area contributed by atoms with Gasteiger partial charge in [0.05, 0.1) is 17.1 Å². The van der Waals surface area contributed by atoms with Crippen molar-refractivity contribution in [3.05, 3.63) is 35.4 Å². The van der Waals surface area contributed by atoms with Crippen LogP contribution in [-0.4, -0.2) is 17.0 Å². The molecule has 0 N–H and O–H groups in total. The van der Waals surface area contributed by atoms with Crippen LogP contribution in [0.3, 0.4) is 0 Å². The summed E-state index contributed by atoms with van der Waals surface area (Å²) < 4.78 is 6.02. The van der Waals surface area contributed by atoms with Gasteiger partial charge < -0.3 is 4.74 Å². The average molecular weight is 260 g/mol. The molecule has 0 amide bonds. The molecule has 1 heterocycles. The monoisotopic (exact) mass is 260 g/mol. The molecule has 0 radical (unpaired) electrons. The highest BCUT2D eigenvalue weighted by Gasteiger charge is 2.49. The van der Waals surface area contributed by atoms with Crippen molar-refractivity contribution in [1.29, 1.82) is 0 Å². The molecule has 19 heavy (non-hydrogen) atoms. The smallest absolute Gasteiger partial charge is 0.168 e. The van der Waals surface area contributed by atoms with E-state index in [0.29, 0.717) is 0 Å². The summed E-state index contributed by atoms with van der Waals surface area (Å²) in [5, 5.41) is 0. The molecular weight excluding hydrogens is 236 g/mol. The first-order chi connectivity index (χ1) is 8.75. The van der Waals surface area contributed by atoms with Gasteiger partial charge in [-0.1, -0.05) is 31.2 Å². The fraction of sp³-hybridized carbons (Fsp3) is 0.588. The van der Waals surface area contributed by atoms with Crippen LogP contribution in [0.1, 0.15) is 57.0 Å². The molecule has 0 bridgehead atoms. The zero-order chi connectivity index (χ0) is 14.3. The van der Waals surface area contributed by atoms with Gasteiger partial charge in [-0.05, 0) is 46.1 Å². The van der Waals surface area contributed by atoms with Crippen LogP contribution < -0.4 is 0 Å². The molecule has 0 spiro atoms. The number of benzene rings is 1. The lowest BCUT2D eigenvalue weighted by Crippen LogP contribution is -2.33. The zero-order valence-corrected chi connectivity index (χ0v) is 12.6. The summed E-state index contributed by atoms with van der Waals surface area (Å²) in [6.07, 6.45) is 1.79. The molecule has 1 aromatic carbocycles. The Morgan fingerprint density at radius 3 is 2.21 bits per heavy atom. The molecule has 1 atom stereocenters. The Morgan fingerprint density at radius 2 is 1.79 bits per heavy atom. The van der Waals surface area contributed by atoms with E-state index in [-0.39, 0.29) is 22.9 Å². The van der Waals surface area contributed by atoms with Gasteiger partial charge in [0.25, 0.3) is 0 Å². The van der Waals surface area contributed by atoms with Gasteiger partial charge in [0, 0.05) is 5.56 Å². The van der Waals surface area contributed by atoms with Gasteiger partial charge in [-0.3, -0.25) is 4.79 Å². The second-order valence-corrected chi connectivity index (χ2v) is 6.64. The van der Waals surface area contributed by atoms with Gasteiger partial charge in [-0.25, -0.2) is 0 Å². The van der Waals surface area contributed by atoms with E-state index in [2.05, 4.69) is 20.8 Å². The third-order valence-corrected chi connectivity index (χ3v) is 4.04. The summed E-state index contributed by atoms with van der Waals surface area (Å²) in [5.41, 5.74) is 1.47. The Morgan fingerprint density at radius 1 is 1.21 bits per heavy atom. The molecule has 1 aromatic rings. The van der Waals surface area contributed by atoms with E-state index < -0.39 is 0 Å². The number of hydrogen-bond acceptors (Lipinski definition) is 2. The summed E-state index contributed by atoms with van der Waals surface area (Å²) in [5.74, 6) is 0.146. The standard InChI is InChI=1S/C17H24O2/c1-6-12-7-9-13(10-8-12)15(18)14-11-16(2,3)19-17(14,4)5/h7-10,14H,6,11H2,1-5H3. The summed E-state index contributed by atoms with van der Waals surface area (Å²) in [7, 11) is 0. The highest BCUT2D eigenvalue weighted by atomic mass is 16.5. The summed E-state index contributed by atoms with van der Waals surface area (Å²) >= 11 is 0. The molecule has 104 valence electrons. The van der Waals surface area contributed by atoms with E-state index in [1.54, 1.807) is 0 Å². The highest BCUT2D eigenvalue weighted by molar-refractivity contribution is 5.98. The SMILES string of the molecule is CCc1ccc(C(=O)C2CC(C)(C)OC2(C)C)cc1. The van der Waals surface area contributed by atoms with E-state index in [9.17, 15) is 4.79 Å². The van der Waals surface area contributed by atoms with Gasteiger partial charge >= 0.3 is 0 Å². The van der Waals surface area contributed by atoms with E-state index in [1.165, 1.54) is 5.56 Å². The van der Waals surface area contributed by atoms with Crippen molar-refractivity contribution in [2.24, 2.45) is 5.92 Å². The van der Waals surface area contributed by atoms with Crippen LogP contribution in [0, 0.1) is 5.92 Å². The first-order valence-electron chi connectivity index (χ1n) is 7.08. The number of aryl methyl sites for hydroxylation is 1. The van der Waals surface area contributed by atoms with Gasteiger partial charge in [0.1, 0.15) is 0 Å². The summed E-state index contributed by atoms with van der Waals surface area (Å²) in [6.45, 7) is 10.3. The van der Waals surface area contributed by atoms with Crippen molar-refractivity contribution >= 4 is 5.78 Å². The fourth-order valence-corrected chi connectivity index (χ4v) is 3.08. The molecule has 1 fully saturated rings. The van der Waals surface area contributed by atoms with Crippen LogP contribution in [0.2, 0.25) is 0 Å². The van der Waals surface area contributed by atoms with E-state index in [1.807, 2.05) is 38.1 Å². The number of rotatable bonds is 3. The van der Waals surface area contributed by atoms with E-state index >= 15 is 0 Å². The second kappa shape index (κ2) is 4.75. The van der Waals surface area contributed by atoms with Crippen LogP contribution in [0.25, 0.3) is 0 Å². The van der Waals surface area contributed by atoms with Crippen LogP contribution in [-0.2, 0) is 11.2 Å². The number of hydrogen-bond donors (Lipinski definition) is 0. The van der Waals surface area contributed by atoms with Gasteiger partial charge in [-0.15, -0.1) is 0 Å². The lowest BCUT2D eigenvalue weighted by molar-refractivity contribution is -0.0712. The molecule has 2 rings (SSSR count). The highest BCUT2D eigenvalue weighted by Crippen LogP contribution is 2.43. The Labute approximate surface area is 116 Å². The maximum Gasteiger partial charge on any atom is 0.168 e. The summed E-state index contributed by atoms with van der Waals surface area (Å²) in [6, 6.07) is 7.98. The largest absolute Gasteiger partial charge is 0.369 e. The summed E-state index contributed by atoms with van der Waals surface area (Å²) in [4.78, 5) is 12.7. The van der Waals surface area contributed by atoms with Crippen molar-refractivity contribution in [3.8, 4) is 0 Å². The predicted molar refractivity (Wildman–Crippen MR) is 77.5 cm³/mol. The first kappa shape index (κ1) is 14.3. The van der Waals surface area contributed by atoms with Crippen molar-refractivity contribution < 1.29 is 9.53 Å². The molecule has 1 saturated heterocycles. The van der Waals surface area contributed by atoms with Crippen molar-refractivity contribution in [3.63, 3.8) is 0 Å². The van der Waals surface area contributed by atoms with Crippen LogP contribution in [0.15, 0.2) is 24.3 Å². The number of ether oxygens (including phenoxy) is 1. The minimum atomic E-state index is -0.385. The third kappa shape index (κ3) is 2.89. The minimum Gasteiger partial charge on any atom is -0.369 e. The molecule has 0 aromatic heterocycles.